The lowest BCUT2D eigenvalue weighted by Gasteiger charge is -2.37. The minimum atomic E-state index is -0.646. The molecule has 4 N–H and O–H groups in total. The van der Waals surface area contributed by atoms with Gasteiger partial charge >= 0.3 is 0 Å². The molecule has 0 radical (unpaired) electrons. The lowest BCUT2D eigenvalue weighted by molar-refractivity contribution is 0.359. The molecule has 2 nitrogen and oxygen atoms in total. The van der Waals surface area contributed by atoms with Crippen molar-refractivity contribution in [3.05, 3.63) is 71.8 Å². The highest BCUT2D eigenvalue weighted by molar-refractivity contribution is 5.39. The van der Waals surface area contributed by atoms with Crippen LogP contribution in [0.5, 0.6) is 0 Å². The number of hydrogen-bond acceptors (Lipinski definition) is 2. The van der Waals surface area contributed by atoms with Crippen LogP contribution in [0.4, 0.5) is 0 Å². The standard InChI is InChI=1S/C18H24N2/c1-14(2)13-17(19)18(20,15-9-5-3-6-10-15)16-11-7-4-8-12-16/h3-12,14,17H,13,19-20H2,1-2H3. The first-order valence-electron chi connectivity index (χ1n) is 7.20. The molecule has 106 valence electrons. The summed E-state index contributed by atoms with van der Waals surface area (Å²) >= 11 is 0. The van der Waals surface area contributed by atoms with E-state index in [1.165, 1.54) is 0 Å². The summed E-state index contributed by atoms with van der Waals surface area (Å²) in [5.74, 6) is 0.514. The quantitative estimate of drug-likeness (QED) is 0.874. The average molecular weight is 268 g/mol. The highest BCUT2D eigenvalue weighted by Crippen LogP contribution is 2.32. The molecule has 2 aromatic rings. The van der Waals surface area contributed by atoms with Crippen LogP contribution in [0.15, 0.2) is 60.7 Å². The van der Waals surface area contributed by atoms with Gasteiger partial charge in [0.2, 0.25) is 0 Å². The van der Waals surface area contributed by atoms with Crippen LogP contribution < -0.4 is 11.5 Å². The Morgan fingerprint density at radius 3 is 1.60 bits per heavy atom. The normalized spacial score (nSPS) is 13.4. The summed E-state index contributed by atoms with van der Waals surface area (Å²) in [6.45, 7) is 4.35. The van der Waals surface area contributed by atoms with Crippen molar-refractivity contribution >= 4 is 0 Å². The molecule has 0 aliphatic heterocycles. The fraction of sp³-hybridized carbons (Fsp3) is 0.333. The third-order valence-corrected chi connectivity index (χ3v) is 3.81. The van der Waals surface area contributed by atoms with Gasteiger partial charge in [0, 0.05) is 6.04 Å². The Bertz CT molecular complexity index is 480. The zero-order chi connectivity index (χ0) is 14.6. The Kier molecular flexibility index (Phi) is 4.58. The van der Waals surface area contributed by atoms with Crippen LogP contribution in [0.1, 0.15) is 31.4 Å². The maximum absolute atomic E-state index is 6.81. The molecule has 0 aliphatic rings. The summed E-state index contributed by atoms with van der Waals surface area (Å²) in [6.07, 6.45) is 0.889. The van der Waals surface area contributed by atoms with Gasteiger partial charge in [-0.25, -0.2) is 0 Å². The van der Waals surface area contributed by atoms with Crippen molar-refractivity contribution in [3.8, 4) is 0 Å². The monoisotopic (exact) mass is 268 g/mol. The van der Waals surface area contributed by atoms with E-state index in [0.29, 0.717) is 5.92 Å². The molecule has 0 amide bonds. The molecule has 1 unspecified atom stereocenters. The first-order chi connectivity index (χ1) is 9.55. The van der Waals surface area contributed by atoms with E-state index < -0.39 is 5.54 Å². The zero-order valence-electron chi connectivity index (χ0n) is 12.3. The first-order valence-corrected chi connectivity index (χ1v) is 7.20. The second-order valence-electron chi connectivity index (χ2n) is 5.84. The minimum Gasteiger partial charge on any atom is -0.325 e. The van der Waals surface area contributed by atoms with Crippen LogP contribution in [0.2, 0.25) is 0 Å². The summed E-state index contributed by atoms with van der Waals surface area (Å²) in [6, 6.07) is 20.2. The van der Waals surface area contributed by atoms with E-state index in [4.69, 9.17) is 11.5 Å². The van der Waals surface area contributed by atoms with Gasteiger partial charge in [-0.1, -0.05) is 74.5 Å². The fourth-order valence-corrected chi connectivity index (χ4v) is 2.72. The van der Waals surface area contributed by atoms with Gasteiger partial charge in [0.1, 0.15) is 0 Å². The Balaban J connectivity index is 2.49. The average Bonchev–Trinajstić information content (AvgIpc) is 2.47. The molecule has 0 aromatic heterocycles. The number of rotatable bonds is 5. The molecule has 0 spiro atoms. The number of nitrogens with two attached hydrogens (primary N) is 2. The second kappa shape index (κ2) is 6.21. The number of benzene rings is 2. The van der Waals surface area contributed by atoms with Crippen molar-refractivity contribution < 1.29 is 0 Å². The molecule has 0 aliphatic carbocycles. The fourth-order valence-electron chi connectivity index (χ4n) is 2.72. The van der Waals surface area contributed by atoms with Gasteiger partial charge in [0.25, 0.3) is 0 Å². The topological polar surface area (TPSA) is 52.0 Å². The SMILES string of the molecule is CC(C)CC(N)C(N)(c1ccccc1)c1ccccc1. The van der Waals surface area contributed by atoms with Crippen LogP contribution in [0.25, 0.3) is 0 Å². The summed E-state index contributed by atoms with van der Waals surface area (Å²) in [5.41, 5.74) is 14.8. The molecule has 0 saturated heterocycles. The van der Waals surface area contributed by atoms with Crippen molar-refractivity contribution in [3.63, 3.8) is 0 Å². The molecule has 2 aromatic carbocycles. The molecule has 0 fully saturated rings. The molecule has 0 heterocycles. The Morgan fingerprint density at radius 1 is 0.850 bits per heavy atom. The van der Waals surface area contributed by atoms with Crippen molar-refractivity contribution in [2.75, 3.05) is 0 Å². The lowest BCUT2D eigenvalue weighted by Crippen LogP contribution is -2.53. The predicted octanol–water partition coefficient (Wildman–Crippen LogP) is 3.26. The van der Waals surface area contributed by atoms with E-state index in [1.54, 1.807) is 0 Å². The molecule has 2 heteroatoms. The molecule has 20 heavy (non-hydrogen) atoms. The van der Waals surface area contributed by atoms with Crippen LogP contribution in [0, 0.1) is 5.92 Å². The highest BCUT2D eigenvalue weighted by atomic mass is 14.9. The Morgan fingerprint density at radius 2 is 1.25 bits per heavy atom. The third-order valence-electron chi connectivity index (χ3n) is 3.81. The van der Waals surface area contributed by atoms with Crippen molar-refractivity contribution in [1.29, 1.82) is 0 Å². The van der Waals surface area contributed by atoms with Gasteiger partial charge in [-0.2, -0.15) is 0 Å². The van der Waals surface area contributed by atoms with Gasteiger partial charge < -0.3 is 11.5 Å². The predicted molar refractivity (Wildman–Crippen MR) is 85.3 cm³/mol. The molecule has 1 atom stereocenters. The zero-order valence-corrected chi connectivity index (χ0v) is 12.3. The minimum absolute atomic E-state index is 0.118. The molecule has 0 saturated carbocycles. The van der Waals surface area contributed by atoms with Crippen LogP contribution in [0.3, 0.4) is 0 Å². The van der Waals surface area contributed by atoms with Crippen LogP contribution in [-0.4, -0.2) is 6.04 Å². The molecular formula is C18H24N2. The van der Waals surface area contributed by atoms with Gasteiger partial charge in [0.15, 0.2) is 0 Å². The van der Waals surface area contributed by atoms with E-state index in [1.807, 2.05) is 36.4 Å². The van der Waals surface area contributed by atoms with Gasteiger partial charge in [-0.15, -0.1) is 0 Å². The first kappa shape index (κ1) is 14.8. The van der Waals surface area contributed by atoms with E-state index in [-0.39, 0.29) is 6.04 Å². The largest absolute Gasteiger partial charge is 0.325 e. The van der Waals surface area contributed by atoms with Gasteiger partial charge in [0.05, 0.1) is 5.54 Å². The van der Waals surface area contributed by atoms with Crippen molar-refractivity contribution in [1.82, 2.24) is 0 Å². The van der Waals surface area contributed by atoms with E-state index >= 15 is 0 Å². The van der Waals surface area contributed by atoms with Crippen LogP contribution >= 0.6 is 0 Å². The highest BCUT2D eigenvalue weighted by Gasteiger charge is 2.36. The Labute approximate surface area is 121 Å². The summed E-state index contributed by atoms with van der Waals surface area (Å²) in [4.78, 5) is 0. The summed E-state index contributed by atoms with van der Waals surface area (Å²) < 4.78 is 0. The summed E-state index contributed by atoms with van der Waals surface area (Å²) in [7, 11) is 0. The Hall–Kier alpha value is -1.64. The van der Waals surface area contributed by atoms with E-state index in [2.05, 4.69) is 38.1 Å². The lowest BCUT2D eigenvalue weighted by atomic mass is 9.75. The van der Waals surface area contributed by atoms with Gasteiger partial charge in [-0.3, -0.25) is 0 Å². The summed E-state index contributed by atoms with van der Waals surface area (Å²) in [5, 5.41) is 0. The van der Waals surface area contributed by atoms with E-state index in [9.17, 15) is 0 Å². The number of hydrogen-bond donors (Lipinski definition) is 2. The second-order valence-corrected chi connectivity index (χ2v) is 5.84. The third kappa shape index (κ3) is 2.92. The van der Waals surface area contributed by atoms with E-state index in [0.717, 1.165) is 17.5 Å². The van der Waals surface area contributed by atoms with Crippen LogP contribution in [-0.2, 0) is 5.54 Å². The maximum atomic E-state index is 6.81. The van der Waals surface area contributed by atoms with Crippen molar-refractivity contribution in [2.24, 2.45) is 17.4 Å². The smallest absolute Gasteiger partial charge is 0.0819 e. The molecule has 0 bridgehead atoms. The van der Waals surface area contributed by atoms with Gasteiger partial charge in [-0.05, 0) is 23.5 Å². The maximum Gasteiger partial charge on any atom is 0.0819 e. The molecule has 2 rings (SSSR count). The van der Waals surface area contributed by atoms with Crippen molar-refractivity contribution in [2.45, 2.75) is 31.8 Å². The molecular weight excluding hydrogens is 244 g/mol.